The van der Waals surface area contributed by atoms with Crippen LogP contribution in [0.5, 0.6) is 0 Å². The molecule has 0 saturated heterocycles. The van der Waals surface area contributed by atoms with Gasteiger partial charge in [-0.25, -0.2) is 0 Å². The van der Waals surface area contributed by atoms with Crippen molar-refractivity contribution in [1.29, 1.82) is 0 Å². The number of benzene rings is 2. The minimum Gasteiger partial charge on any atom is -0.333 e. The zero-order chi connectivity index (χ0) is 18.2. The molecule has 2 amide bonds. The van der Waals surface area contributed by atoms with Gasteiger partial charge in [0.1, 0.15) is 6.54 Å². The molecule has 0 atom stereocenters. The van der Waals surface area contributed by atoms with Crippen LogP contribution < -0.4 is 4.90 Å². The molecule has 0 aliphatic heterocycles. The van der Waals surface area contributed by atoms with Crippen molar-refractivity contribution in [3.8, 4) is 0 Å². The maximum atomic E-state index is 12.7. The Balaban J connectivity index is 2.01. The van der Waals surface area contributed by atoms with E-state index in [0.717, 1.165) is 11.3 Å². The molecule has 2 rings (SSSR count). The van der Waals surface area contributed by atoms with Crippen LogP contribution in [0.4, 0.5) is 5.69 Å². The van der Waals surface area contributed by atoms with E-state index < -0.39 is 0 Å². The first kappa shape index (κ1) is 19.0. The highest BCUT2D eigenvalue weighted by Crippen LogP contribution is 2.14. The molecular formula is C20H23ClN2O2. The number of nitrogens with zero attached hydrogens (tertiary/aromatic N) is 2. The van der Waals surface area contributed by atoms with Crippen LogP contribution in [0.1, 0.15) is 19.4 Å². The zero-order valence-electron chi connectivity index (χ0n) is 14.6. The van der Waals surface area contributed by atoms with Crippen LogP contribution in [0.2, 0.25) is 5.02 Å². The van der Waals surface area contributed by atoms with Gasteiger partial charge in [-0.05, 0) is 43.2 Å². The SMILES string of the molecule is CCN(C(=O)CN(CCc1ccc(Cl)cc1)C(C)=O)c1ccccc1. The highest BCUT2D eigenvalue weighted by molar-refractivity contribution is 6.30. The van der Waals surface area contributed by atoms with Gasteiger partial charge in [0.05, 0.1) is 0 Å². The Bertz CT molecular complexity index is 701. The predicted octanol–water partition coefficient (Wildman–Crippen LogP) is 3.78. The van der Waals surface area contributed by atoms with E-state index in [1.807, 2.05) is 61.5 Å². The molecule has 0 bridgehead atoms. The summed E-state index contributed by atoms with van der Waals surface area (Å²) in [5.41, 5.74) is 1.93. The lowest BCUT2D eigenvalue weighted by Crippen LogP contribution is -2.43. The van der Waals surface area contributed by atoms with Gasteiger partial charge in [0, 0.05) is 30.7 Å². The molecule has 0 aromatic heterocycles. The van der Waals surface area contributed by atoms with Crippen molar-refractivity contribution in [1.82, 2.24) is 4.90 Å². The molecule has 5 heteroatoms. The lowest BCUT2D eigenvalue weighted by molar-refractivity contribution is -0.133. The lowest BCUT2D eigenvalue weighted by atomic mass is 10.1. The number of rotatable bonds is 7. The van der Waals surface area contributed by atoms with Crippen LogP contribution in [0, 0.1) is 0 Å². The Morgan fingerprint density at radius 1 is 1.00 bits per heavy atom. The average Bonchev–Trinajstić information content (AvgIpc) is 2.61. The Hall–Kier alpha value is -2.33. The standard InChI is InChI=1S/C20H23ClN2O2/c1-3-23(19-7-5-4-6-8-19)20(25)15-22(16(2)24)14-13-17-9-11-18(21)12-10-17/h4-12H,3,13-15H2,1-2H3. The fourth-order valence-electron chi connectivity index (χ4n) is 2.62. The third kappa shape index (κ3) is 5.61. The summed E-state index contributed by atoms with van der Waals surface area (Å²) in [7, 11) is 0. The Morgan fingerprint density at radius 3 is 2.20 bits per heavy atom. The maximum absolute atomic E-state index is 12.7. The van der Waals surface area contributed by atoms with E-state index in [0.29, 0.717) is 24.5 Å². The van der Waals surface area contributed by atoms with Crippen molar-refractivity contribution >= 4 is 29.1 Å². The fourth-order valence-corrected chi connectivity index (χ4v) is 2.75. The summed E-state index contributed by atoms with van der Waals surface area (Å²) < 4.78 is 0. The van der Waals surface area contributed by atoms with Gasteiger partial charge in [-0.3, -0.25) is 9.59 Å². The molecule has 0 spiro atoms. The minimum atomic E-state index is -0.105. The van der Waals surface area contributed by atoms with Gasteiger partial charge in [-0.1, -0.05) is 41.9 Å². The summed E-state index contributed by atoms with van der Waals surface area (Å²) in [6.07, 6.45) is 0.682. The second-order valence-electron chi connectivity index (χ2n) is 5.79. The fraction of sp³-hybridized carbons (Fsp3) is 0.300. The van der Waals surface area contributed by atoms with E-state index in [1.165, 1.54) is 6.92 Å². The number of para-hydroxylation sites is 1. The minimum absolute atomic E-state index is 0.0751. The van der Waals surface area contributed by atoms with E-state index in [4.69, 9.17) is 11.6 Å². The smallest absolute Gasteiger partial charge is 0.246 e. The highest BCUT2D eigenvalue weighted by Gasteiger charge is 2.19. The van der Waals surface area contributed by atoms with Gasteiger partial charge < -0.3 is 9.80 Å². The summed E-state index contributed by atoms with van der Waals surface area (Å²) in [6.45, 7) is 4.55. The lowest BCUT2D eigenvalue weighted by Gasteiger charge is -2.26. The molecule has 2 aromatic carbocycles. The number of hydrogen-bond donors (Lipinski definition) is 0. The molecule has 0 saturated carbocycles. The van der Waals surface area contributed by atoms with E-state index in [1.54, 1.807) is 9.80 Å². The summed E-state index contributed by atoms with van der Waals surface area (Å²) in [5.74, 6) is -0.188. The second-order valence-corrected chi connectivity index (χ2v) is 6.23. The van der Waals surface area contributed by atoms with Gasteiger partial charge in [0.15, 0.2) is 0 Å². The number of likely N-dealkylation sites (N-methyl/N-ethyl adjacent to an activating group) is 1. The largest absolute Gasteiger partial charge is 0.333 e. The third-order valence-electron chi connectivity index (χ3n) is 4.04. The van der Waals surface area contributed by atoms with Crippen molar-refractivity contribution in [2.24, 2.45) is 0 Å². The van der Waals surface area contributed by atoms with Crippen LogP contribution >= 0.6 is 11.6 Å². The number of carbonyl (C=O) groups is 2. The summed E-state index contributed by atoms with van der Waals surface area (Å²) >= 11 is 5.89. The van der Waals surface area contributed by atoms with Crippen molar-refractivity contribution in [3.05, 3.63) is 65.2 Å². The molecule has 0 heterocycles. The van der Waals surface area contributed by atoms with E-state index in [9.17, 15) is 9.59 Å². The molecule has 0 radical (unpaired) electrons. The Labute approximate surface area is 154 Å². The first-order valence-electron chi connectivity index (χ1n) is 8.36. The van der Waals surface area contributed by atoms with E-state index in [2.05, 4.69) is 0 Å². The molecule has 0 N–H and O–H groups in total. The average molecular weight is 359 g/mol. The summed E-state index contributed by atoms with van der Waals surface area (Å²) in [6, 6.07) is 17.0. The van der Waals surface area contributed by atoms with Crippen LogP contribution in [-0.2, 0) is 16.0 Å². The van der Waals surface area contributed by atoms with Crippen LogP contribution in [0.25, 0.3) is 0 Å². The normalized spacial score (nSPS) is 10.4. The first-order valence-corrected chi connectivity index (χ1v) is 8.74. The van der Waals surface area contributed by atoms with Crippen LogP contribution in [0.15, 0.2) is 54.6 Å². The highest BCUT2D eigenvalue weighted by atomic mass is 35.5. The van der Waals surface area contributed by atoms with Crippen LogP contribution in [-0.4, -0.2) is 36.3 Å². The zero-order valence-corrected chi connectivity index (χ0v) is 15.4. The van der Waals surface area contributed by atoms with Gasteiger partial charge in [-0.2, -0.15) is 0 Å². The molecule has 2 aromatic rings. The Kier molecular flexibility index (Phi) is 7.02. The topological polar surface area (TPSA) is 40.6 Å². The maximum Gasteiger partial charge on any atom is 0.246 e. The molecule has 0 aliphatic carbocycles. The molecule has 25 heavy (non-hydrogen) atoms. The number of halogens is 1. The predicted molar refractivity (Wildman–Crippen MR) is 102 cm³/mol. The number of carbonyl (C=O) groups excluding carboxylic acids is 2. The number of anilines is 1. The molecule has 4 nitrogen and oxygen atoms in total. The van der Waals surface area contributed by atoms with Crippen molar-refractivity contribution < 1.29 is 9.59 Å². The number of hydrogen-bond acceptors (Lipinski definition) is 2. The molecular weight excluding hydrogens is 336 g/mol. The monoisotopic (exact) mass is 358 g/mol. The quantitative estimate of drug-likeness (QED) is 0.755. The molecule has 0 unspecified atom stereocenters. The number of amides is 2. The third-order valence-corrected chi connectivity index (χ3v) is 4.29. The second kappa shape index (κ2) is 9.23. The van der Waals surface area contributed by atoms with E-state index in [-0.39, 0.29) is 18.4 Å². The van der Waals surface area contributed by atoms with Gasteiger partial charge in [0.2, 0.25) is 11.8 Å². The molecule has 0 fully saturated rings. The molecule has 0 aliphatic rings. The van der Waals surface area contributed by atoms with Crippen molar-refractivity contribution in [3.63, 3.8) is 0 Å². The van der Waals surface area contributed by atoms with Crippen LogP contribution in [0.3, 0.4) is 0 Å². The van der Waals surface area contributed by atoms with Gasteiger partial charge in [0.25, 0.3) is 0 Å². The van der Waals surface area contributed by atoms with Crippen molar-refractivity contribution in [2.75, 3.05) is 24.5 Å². The van der Waals surface area contributed by atoms with Crippen molar-refractivity contribution in [2.45, 2.75) is 20.3 Å². The summed E-state index contributed by atoms with van der Waals surface area (Å²) in [5, 5.41) is 0.684. The van der Waals surface area contributed by atoms with Gasteiger partial charge in [-0.15, -0.1) is 0 Å². The van der Waals surface area contributed by atoms with E-state index >= 15 is 0 Å². The summed E-state index contributed by atoms with van der Waals surface area (Å²) in [4.78, 5) is 27.9. The van der Waals surface area contributed by atoms with Gasteiger partial charge >= 0.3 is 0 Å². The Morgan fingerprint density at radius 2 is 1.64 bits per heavy atom. The molecule has 132 valence electrons. The first-order chi connectivity index (χ1) is 12.0.